The van der Waals surface area contributed by atoms with Gasteiger partial charge < -0.3 is 10.4 Å². The van der Waals surface area contributed by atoms with Crippen molar-refractivity contribution in [3.8, 4) is 0 Å². The summed E-state index contributed by atoms with van der Waals surface area (Å²) in [6, 6.07) is 3.04. The van der Waals surface area contributed by atoms with Gasteiger partial charge in [-0.05, 0) is 24.6 Å². The predicted molar refractivity (Wildman–Crippen MR) is 81.8 cm³/mol. The SMILES string of the molecule is Cc1nn(C)cc1C(=O)N[C@H](CC(=O)O)c1ccc(Cl)c(F)c1. The molecule has 0 unspecified atom stereocenters. The number of carbonyl (C=O) groups is 2. The quantitative estimate of drug-likeness (QED) is 0.876. The smallest absolute Gasteiger partial charge is 0.305 e. The Morgan fingerprint density at radius 2 is 2.17 bits per heavy atom. The van der Waals surface area contributed by atoms with Gasteiger partial charge in [-0.1, -0.05) is 17.7 Å². The van der Waals surface area contributed by atoms with Crippen LogP contribution in [0.4, 0.5) is 4.39 Å². The maximum Gasteiger partial charge on any atom is 0.305 e. The Kier molecular flexibility index (Phi) is 5.00. The zero-order chi connectivity index (χ0) is 17.1. The Hall–Kier alpha value is -2.41. The normalized spacial score (nSPS) is 12.0. The van der Waals surface area contributed by atoms with Crippen molar-refractivity contribution >= 4 is 23.5 Å². The molecule has 0 aliphatic carbocycles. The minimum atomic E-state index is -1.12. The Morgan fingerprint density at radius 1 is 1.48 bits per heavy atom. The van der Waals surface area contributed by atoms with Gasteiger partial charge in [-0.3, -0.25) is 14.3 Å². The average molecular weight is 340 g/mol. The van der Waals surface area contributed by atoms with E-state index in [4.69, 9.17) is 16.7 Å². The van der Waals surface area contributed by atoms with Gasteiger partial charge in [0.15, 0.2) is 0 Å². The second kappa shape index (κ2) is 6.78. The first kappa shape index (κ1) is 17.0. The largest absolute Gasteiger partial charge is 0.481 e. The number of nitrogens with zero attached hydrogens (tertiary/aromatic N) is 2. The first-order chi connectivity index (χ1) is 10.8. The van der Waals surface area contributed by atoms with Gasteiger partial charge in [-0.25, -0.2) is 4.39 Å². The number of halogens is 2. The molecule has 23 heavy (non-hydrogen) atoms. The molecule has 1 atom stereocenters. The van der Waals surface area contributed by atoms with Crippen molar-refractivity contribution in [2.24, 2.45) is 7.05 Å². The molecule has 1 amide bonds. The van der Waals surface area contributed by atoms with Crippen LogP contribution < -0.4 is 5.32 Å². The molecular weight excluding hydrogens is 325 g/mol. The van der Waals surface area contributed by atoms with Gasteiger partial charge in [0.2, 0.25) is 0 Å². The molecule has 0 bridgehead atoms. The number of nitrogens with one attached hydrogen (secondary N) is 1. The molecule has 1 heterocycles. The number of aryl methyl sites for hydroxylation is 2. The number of carboxylic acids is 1. The van der Waals surface area contributed by atoms with Gasteiger partial charge in [-0.15, -0.1) is 0 Å². The van der Waals surface area contributed by atoms with Gasteiger partial charge in [0.1, 0.15) is 5.82 Å². The summed E-state index contributed by atoms with van der Waals surface area (Å²) in [5.41, 5.74) is 1.17. The molecule has 1 aromatic carbocycles. The Labute approximate surface area is 136 Å². The second-order valence-corrected chi connectivity index (χ2v) is 5.51. The molecule has 8 heteroatoms. The van der Waals surface area contributed by atoms with Crippen molar-refractivity contribution in [1.29, 1.82) is 0 Å². The second-order valence-electron chi connectivity index (χ2n) is 5.10. The molecule has 0 aliphatic rings. The molecule has 1 aromatic heterocycles. The molecule has 2 rings (SSSR count). The summed E-state index contributed by atoms with van der Waals surface area (Å²) < 4.78 is 15.1. The molecule has 122 valence electrons. The molecule has 0 aliphatic heterocycles. The van der Waals surface area contributed by atoms with Crippen molar-refractivity contribution < 1.29 is 19.1 Å². The highest BCUT2D eigenvalue weighted by molar-refractivity contribution is 6.30. The number of amides is 1. The van der Waals surface area contributed by atoms with Gasteiger partial charge in [0, 0.05) is 13.2 Å². The highest BCUT2D eigenvalue weighted by Gasteiger charge is 2.22. The van der Waals surface area contributed by atoms with Crippen molar-refractivity contribution in [2.75, 3.05) is 0 Å². The summed E-state index contributed by atoms with van der Waals surface area (Å²) in [5.74, 6) is -2.27. The number of benzene rings is 1. The molecular formula is C15H15ClFN3O3. The summed E-state index contributed by atoms with van der Waals surface area (Å²) in [6.07, 6.45) is 1.15. The maximum atomic E-state index is 13.6. The minimum absolute atomic E-state index is 0.0720. The summed E-state index contributed by atoms with van der Waals surface area (Å²) in [5, 5.41) is 15.6. The first-order valence-electron chi connectivity index (χ1n) is 6.75. The van der Waals surface area contributed by atoms with Crippen LogP contribution in [0.3, 0.4) is 0 Å². The zero-order valence-corrected chi connectivity index (χ0v) is 13.3. The fraction of sp³-hybridized carbons (Fsp3) is 0.267. The van der Waals surface area contributed by atoms with Crippen LogP contribution in [0.15, 0.2) is 24.4 Å². The molecule has 0 radical (unpaired) electrons. The summed E-state index contributed by atoms with van der Waals surface area (Å²) in [7, 11) is 1.67. The molecule has 2 N–H and O–H groups in total. The highest BCUT2D eigenvalue weighted by atomic mass is 35.5. The lowest BCUT2D eigenvalue weighted by molar-refractivity contribution is -0.137. The summed E-state index contributed by atoms with van der Waals surface area (Å²) in [6.45, 7) is 1.67. The minimum Gasteiger partial charge on any atom is -0.481 e. The summed E-state index contributed by atoms with van der Waals surface area (Å²) >= 11 is 5.63. The molecule has 2 aromatic rings. The first-order valence-corrected chi connectivity index (χ1v) is 7.13. The van der Waals surface area contributed by atoms with Crippen LogP contribution in [0.5, 0.6) is 0 Å². The van der Waals surface area contributed by atoms with E-state index < -0.39 is 23.7 Å². The molecule has 0 spiro atoms. The van der Waals surface area contributed by atoms with Crippen LogP contribution in [-0.4, -0.2) is 26.8 Å². The number of hydrogen-bond donors (Lipinski definition) is 2. The van der Waals surface area contributed by atoms with E-state index >= 15 is 0 Å². The van der Waals surface area contributed by atoms with E-state index in [9.17, 15) is 14.0 Å². The van der Waals surface area contributed by atoms with E-state index in [0.717, 1.165) is 6.07 Å². The summed E-state index contributed by atoms with van der Waals surface area (Å²) in [4.78, 5) is 23.4. The molecule has 0 saturated carbocycles. The van der Waals surface area contributed by atoms with Crippen LogP contribution in [0.2, 0.25) is 5.02 Å². The van der Waals surface area contributed by atoms with E-state index in [0.29, 0.717) is 16.8 Å². The van der Waals surface area contributed by atoms with Crippen LogP contribution in [0.1, 0.15) is 34.1 Å². The van der Waals surface area contributed by atoms with Crippen molar-refractivity contribution in [1.82, 2.24) is 15.1 Å². The number of carboxylic acid groups (broad SMARTS) is 1. The van der Waals surface area contributed by atoms with Crippen LogP contribution >= 0.6 is 11.6 Å². The monoisotopic (exact) mass is 339 g/mol. The van der Waals surface area contributed by atoms with Crippen molar-refractivity contribution in [3.63, 3.8) is 0 Å². The third-order valence-electron chi connectivity index (χ3n) is 3.29. The van der Waals surface area contributed by atoms with Crippen LogP contribution in [0, 0.1) is 12.7 Å². The standard InChI is InChI=1S/C15H15ClFN3O3/c1-8-10(7-20(2)19-8)15(23)18-13(6-14(21)22)9-3-4-11(16)12(17)5-9/h3-5,7,13H,6H2,1-2H3,(H,18,23)(H,21,22)/t13-/m1/s1. The number of hydrogen-bond acceptors (Lipinski definition) is 3. The lowest BCUT2D eigenvalue weighted by Crippen LogP contribution is -2.30. The van der Waals surface area contributed by atoms with Gasteiger partial charge in [-0.2, -0.15) is 5.10 Å². The van der Waals surface area contributed by atoms with Crippen LogP contribution in [-0.2, 0) is 11.8 Å². The van der Waals surface area contributed by atoms with Crippen molar-refractivity contribution in [3.05, 3.63) is 52.1 Å². The third kappa shape index (κ3) is 4.07. The van der Waals surface area contributed by atoms with E-state index in [2.05, 4.69) is 10.4 Å². The fourth-order valence-electron chi connectivity index (χ4n) is 2.21. The van der Waals surface area contributed by atoms with E-state index in [1.54, 1.807) is 14.0 Å². The van der Waals surface area contributed by atoms with Crippen LogP contribution in [0.25, 0.3) is 0 Å². The number of rotatable bonds is 5. The van der Waals surface area contributed by atoms with Crippen molar-refractivity contribution in [2.45, 2.75) is 19.4 Å². The van der Waals surface area contributed by atoms with E-state index in [1.807, 2.05) is 0 Å². The molecule has 0 saturated heterocycles. The number of carbonyl (C=O) groups excluding carboxylic acids is 1. The predicted octanol–water partition coefficient (Wildman–Crippen LogP) is 2.47. The van der Waals surface area contributed by atoms with Gasteiger partial charge >= 0.3 is 5.97 Å². The lowest BCUT2D eigenvalue weighted by atomic mass is 10.0. The number of aromatic nitrogens is 2. The zero-order valence-electron chi connectivity index (χ0n) is 12.5. The Bertz CT molecular complexity index is 760. The average Bonchev–Trinajstić information content (AvgIpc) is 2.79. The van der Waals surface area contributed by atoms with Gasteiger partial charge in [0.25, 0.3) is 5.91 Å². The highest BCUT2D eigenvalue weighted by Crippen LogP contribution is 2.23. The Morgan fingerprint density at radius 3 is 2.70 bits per heavy atom. The topological polar surface area (TPSA) is 84.2 Å². The van der Waals surface area contributed by atoms with Gasteiger partial charge in [0.05, 0.1) is 28.7 Å². The molecule has 0 fully saturated rings. The third-order valence-corrected chi connectivity index (χ3v) is 3.59. The van der Waals surface area contributed by atoms with E-state index in [-0.39, 0.29) is 11.4 Å². The van der Waals surface area contributed by atoms with E-state index in [1.165, 1.54) is 23.0 Å². The maximum absolute atomic E-state index is 13.6. The lowest BCUT2D eigenvalue weighted by Gasteiger charge is -2.17. The molecule has 6 nitrogen and oxygen atoms in total. The fourth-order valence-corrected chi connectivity index (χ4v) is 2.33. The number of aliphatic carboxylic acids is 1. The Balaban J connectivity index is 2.28.